The standard InChI is InChI=1S/C28H36N6O4S/c1-39(36,37)15-3-14-38-25-5-2-4-24-23(25)11-13-33(24)26-10-12-29-28(32-26)31-20-8-6-19(7-9-20)27(35)34-18-21-16-22(34)17-30-21/h2,4-5,10-13,19-22,30H,3,6-9,14-18H2,1H3,(H,29,31,32)/t19?,20?,21-,22+/m0/s1. The number of ether oxygens (including phenoxy) is 1. The molecule has 2 bridgehead atoms. The second-order valence-corrected chi connectivity index (χ2v) is 13.4. The Morgan fingerprint density at radius 2 is 2.03 bits per heavy atom. The summed E-state index contributed by atoms with van der Waals surface area (Å²) in [4.78, 5) is 24.5. The minimum atomic E-state index is -3.00. The van der Waals surface area contributed by atoms with Crippen LogP contribution in [0.3, 0.4) is 0 Å². The van der Waals surface area contributed by atoms with Gasteiger partial charge in [-0.2, -0.15) is 4.98 Å². The lowest BCUT2D eigenvalue weighted by Crippen LogP contribution is -2.49. The van der Waals surface area contributed by atoms with Crippen LogP contribution in [0.5, 0.6) is 5.75 Å². The van der Waals surface area contributed by atoms with Crippen LogP contribution in [0, 0.1) is 5.92 Å². The molecule has 2 aliphatic heterocycles. The molecule has 208 valence electrons. The number of anilines is 1. The number of hydrogen-bond donors (Lipinski definition) is 2. The van der Waals surface area contributed by atoms with Gasteiger partial charge < -0.3 is 24.8 Å². The summed E-state index contributed by atoms with van der Waals surface area (Å²) in [7, 11) is -3.00. The van der Waals surface area contributed by atoms with Crippen LogP contribution in [0.2, 0.25) is 0 Å². The van der Waals surface area contributed by atoms with Gasteiger partial charge in [0.15, 0.2) is 0 Å². The Morgan fingerprint density at radius 1 is 1.18 bits per heavy atom. The Hall–Kier alpha value is -3.18. The van der Waals surface area contributed by atoms with Gasteiger partial charge in [0.05, 0.1) is 17.9 Å². The third kappa shape index (κ3) is 5.74. The van der Waals surface area contributed by atoms with Gasteiger partial charge in [-0.1, -0.05) is 6.07 Å². The Bertz CT molecular complexity index is 1450. The molecule has 3 fully saturated rings. The molecule has 1 saturated carbocycles. The van der Waals surface area contributed by atoms with Crippen LogP contribution in [0.1, 0.15) is 38.5 Å². The number of likely N-dealkylation sites (tertiary alicyclic amines) is 1. The zero-order valence-electron chi connectivity index (χ0n) is 22.3. The van der Waals surface area contributed by atoms with E-state index in [2.05, 4.69) is 20.5 Å². The number of nitrogens with one attached hydrogen (secondary N) is 2. The van der Waals surface area contributed by atoms with Crippen LogP contribution in [0.25, 0.3) is 16.7 Å². The van der Waals surface area contributed by atoms with Gasteiger partial charge in [0.25, 0.3) is 0 Å². The van der Waals surface area contributed by atoms with Crippen molar-refractivity contribution in [2.75, 3.05) is 37.0 Å². The van der Waals surface area contributed by atoms with E-state index in [9.17, 15) is 13.2 Å². The molecule has 11 heteroatoms. The highest BCUT2D eigenvalue weighted by Gasteiger charge is 2.42. The van der Waals surface area contributed by atoms with Crippen LogP contribution in [0.4, 0.5) is 5.95 Å². The molecule has 1 amide bonds. The molecule has 2 saturated heterocycles. The number of benzene rings is 1. The summed E-state index contributed by atoms with van der Waals surface area (Å²) in [5.41, 5.74) is 0.949. The van der Waals surface area contributed by atoms with Gasteiger partial charge in [-0.3, -0.25) is 4.79 Å². The normalized spacial score (nSPS) is 24.8. The molecule has 2 N–H and O–H groups in total. The Labute approximate surface area is 229 Å². The fourth-order valence-corrected chi connectivity index (χ4v) is 6.90. The maximum absolute atomic E-state index is 13.1. The van der Waals surface area contributed by atoms with Crippen molar-refractivity contribution in [1.82, 2.24) is 24.8 Å². The summed E-state index contributed by atoms with van der Waals surface area (Å²) in [5.74, 6) is 2.63. The maximum atomic E-state index is 13.1. The fraction of sp³-hybridized carbons (Fsp3) is 0.536. The zero-order chi connectivity index (χ0) is 27.0. The van der Waals surface area contributed by atoms with E-state index in [1.807, 2.05) is 41.1 Å². The van der Waals surface area contributed by atoms with Gasteiger partial charge in [0.2, 0.25) is 11.9 Å². The van der Waals surface area contributed by atoms with Crippen LogP contribution in [-0.2, 0) is 14.6 Å². The minimum absolute atomic E-state index is 0.107. The maximum Gasteiger partial charge on any atom is 0.226 e. The molecule has 10 nitrogen and oxygen atoms in total. The molecule has 2 atom stereocenters. The highest BCUT2D eigenvalue weighted by molar-refractivity contribution is 7.90. The van der Waals surface area contributed by atoms with Gasteiger partial charge in [0.1, 0.15) is 21.4 Å². The number of aromatic nitrogens is 3. The zero-order valence-corrected chi connectivity index (χ0v) is 23.1. The van der Waals surface area contributed by atoms with Crippen molar-refractivity contribution in [2.24, 2.45) is 5.92 Å². The van der Waals surface area contributed by atoms with Crippen molar-refractivity contribution >= 4 is 32.6 Å². The van der Waals surface area contributed by atoms with E-state index in [-0.39, 0.29) is 17.7 Å². The molecule has 39 heavy (non-hydrogen) atoms. The van der Waals surface area contributed by atoms with Gasteiger partial charge in [0, 0.05) is 61.2 Å². The van der Waals surface area contributed by atoms with E-state index in [1.165, 1.54) is 6.26 Å². The first kappa shape index (κ1) is 26.1. The van der Waals surface area contributed by atoms with Crippen molar-refractivity contribution in [3.05, 3.63) is 42.7 Å². The molecule has 1 aliphatic carbocycles. The van der Waals surface area contributed by atoms with Crippen LogP contribution < -0.4 is 15.4 Å². The first-order valence-corrected chi connectivity index (χ1v) is 15.9. The lowest BCUT2D eigenvalue weighted by atomic mass is 9.85. The summed E-state index contributed by atoms with van der Waals surface area (Å²) >= 11 is 0. The van der Waals surface area contributed by atoms with Gasteiger partial charge in [-0.05, 0) is 62.8 Å². The average molecular weight is 553 g/mol. The summed E-state index contributed by atoms with van der Waals surface area (Å²) < 4.78 is 30.7. The van der Waals surface area contributed by atoms with Gasteiger partial charge in [-0.15, -0.1) is 0 Å². The molecule has 0 unspecified atom stereocenters. The number of carbonyl (C=O) groups is 1. The number of sulfone groups is 1. The largest absolute Gasteiger partial charge is 0.493 e. The summed E-state index contributed by atoms with van der Waals surface area (Å²) in [6.45, 7) is 2.15. The number of carbonyl (C=O) groups excluding carboxylic acids is 1. The van der Waals surface area contributed by atoms with E-state index in [0.717, 1.165) is 67.7 Å². The highest BCUT2D eigenvalue weighted by atomic mass is 32.2. The number of nitrogens with zero attached hydrogens (tertiary/aromatic N) is 4. The second kappa shape index (κ2) is 10.8. The molecular formula is C28H36N6O4S. The smallest absolute Gasteiger partial charge is 0.226 e. The lowest BCUT2D eigenvalue weighted by Gasteiger charge is -2.34. The molecule has 6 rings (SSSR count). The topological polar surface area (TPSA) is 118 Å². The summed E-state index contributed by atoms with van der Waals surface area (Å²) in [5, 5.41) is 7.92. The minimum Gasteiger partial charge on any atom is -0.493 e. The Balaban J connectivity index is 1.08. The molecule has 2 aromatic heterocycles. The number of amides is 1. The van der Waals surface area contributed by atoms with Crippen molar-refractivity contribution in [2.45, 2.75) is 56.7 Å². The monoisotopic (exact) mass is 552 g/mol. The van der Waals surface area contributed by atoms with E-state index in [0.29, 0.717) is 37.0 Å². The fourth-order valence-electron chi connectivity index (χ4n) is 6.25. The predicted molar refractivity (Wildman–Crippen MR) is 150 cm³/mol. The second-order valence-electron chi connectivity index (χ2n) is 11.1. The van der Waals surface area contributed by atoms with E-state index < -0.39 is 9.84 Å². The predicted octanol–water partition coefficient (Wildman–Crippen LogP) is 2.78. The van der Waals surface area contributed by atoms with E-state index in [1.54, 1.807) is 6.20 Å². The van der Waals surface area contributed by atoms with Crippen molar-refractivity contribution in [3.63, 3.8) is 0 Å². The number of piperazine rings is 1. The third-order valence-corrected chi connectivity index (χ3v) is 9.28. The molecule has 4 heterocycles. The van der Waals surface area contributed by atoms with Crippen LogP contribution in [0.15, 0.2) is 42.7 Å². The number of rotatable bonds is 9. The van der Waals surface area contributed by atoms with Crippen molar-refractivity contribution < 1.29 is 17.9 Å². The average Bonchev–Trinajstić information content (AvgIpc) is 3.67. The van der Waals surface area contributed by atoms with Gasteiger partial charge in [-0.25, -0.2) is 13.4 Å². The number of hydrogen-bond acceptors (Lipinski definition) is 8. The van der Waals surface area contributed by atoms with Gasteiger partial charge >= 0.3 is 0 Å². The molecule has 3 aromatic rings. The summed E-state index contributed by atoms with van der Waals surface area (Å²) in [6.07, 6.45) is 10.1. The third-order valence-electron chi connectivity index (χ3n) is 8.25. The molecule has 0 radical (unpaired) electrons. The van der Waals surface area contributed by atoms with E-state index >= 15 is 0 Å². The Kier molecular flexibility index (Phi) is 7.20. The summed E-state index contributed by atoms with van der Waals surface area (Å²) in [6, 6.07) is 10.8. The lowest BCUT2D eigenvalue weighted by molar-refractivity contribution is -0.137. The van der Waals surface area contributed by atoms with Crippen molar-refractivity contribution in [3.8, 4) is 11.6 Å². The van der Waals surface area contributed by atoms with E-state index in [4.69, 9.17) is 9.72 Å². The number of fused-ring (bicyclic) bond motifs is 3. The molecule has 1 aromatic carbocycles. The first-order valence-electron chi connectivity index (χ1n) is 13.9. The highest BCUT2D eigenvalue weighted by Crippen LogP contribution is 2.32. The molecular weight excluding hydrogens is 516 g/mol. The quantitative estimate of drug-likeness (QED) is 0.389. The SMILES string of the molecule is CS(=O)(=O)CCCOc1cccc2c1ccn2-c1ccnc(NC2CCC(C(=O)N3C[C@@H]4C[C@@H]3CN4)CC2)n1. The van der Waals surface area contributed by atoms with Crippen LogP contribution in [-0.4, -0.2) is 83.6 Å². The first-order chi connectivity index (χ1) is 18.8. The van der Waals surface area contributed by atoms with Crippen molar-refractivity contribution in [1.29, 1.82) is 0 Å². The Morgan fingerprint density at radius 3 is 2.77 bits per heavy atom. The molecule has 3 aliphatic rings. The van der Waals surface area contributed by atoms with Crippen LogP contribution >= 0.6 is 0 Å². The molecule has 0 spiro atoms.